The molecule has 1 aromatic carbocycles. The summed E-state index contributed by atoms with van der Waals surface area (Å²) in [6.45, 7) is 6.23. The van der Waals surface area contributed by atoms with Crippen molar-refractivity contribution in [1.82, 2.24) is 29.7 Å². The summed E-state index contributed by atoms with van der Waals surface area (Å²) in [5, 5.41) is 7.52. The van der Waals surface area contributed by atoms with Gasteiger partial charge in [0.05, 0.1) is 11.7 Å². The fourth-order valence-corrected chi connectivity index (χ4v) is 2.44. The van der Waals surface area contributed by atoms with Crippen LogP contribution in [0.5, 0.6) is 0 Å². The van der Waals surface area contributed by atoms with Gasteiger partial charge in [0, 0.05) is 20.0 Å². The number of hydrogen-bond acceptors (Lipinski definition) is 7. The third kappa shape index (κ3) is 3.96. The van der Waals surface area contributed by atoms with E-state index in [1.807, 2.05) is 31.1 Å². The Morgan fingerprint density at radius 3 is 2.31 bits per heavy atom. The van der Waals surface area contributed by atoms with Crippen LogP contribution in [0.2, 0.25) is 0 Å². The van der Waals surface area contributed by atoms with Crippen LogP contribution in [0.4, 0.5) is 11.9 Å². The van der Waals surface area contributed by atoms with Crippen LogP contribution in [-0.4, -0.2) is 43.8 Å². The second kappa shape index (κ2) is 7.47. The average Bonchev–Trinajstić information content (AvgIpc) is 3.16. The van der Waals surface area contributed by atoms with E-state index in [4.69, 9.17) is 0 Å². The highest BCUT2D eigenvalue weighted by atomic mass is 15.3. The third-order valence-electron chi connectivity index (χ3n) is 3.98. The van der Waals surface area contributed by atoms with Crippen molar-refractivity contribution < 1.29 is 0 Å². The number of nitrogens with zero attached hydrogens (tertiary/aromatic N) is 7. The van der Waals surface area contributed by atoms with E-state index in [-0.39, 0.29) is 12.0 Å². The predicted octanol–water partition coefficient (Wildman–Crippen LogP) is 2.81. The van der Waals surface area contributed by atoms with Crippen molar-refractivity contribution in [3.05, 3.63) is 48.3 Å². The Kier molecular flexibility index (Phi) is 5.11. The lowest BCUT2D eigenvalue weighted by atomic mass is 10.1. The fraction of sp³-hybridized carbons (Fsp3) is 0.389. The zero-order chi connectivity index (χ0) is 18.7. The minimum Gasteiger partial charge on any atom is -0.348 e. The van der Waals surface area contributed by atoms with Gasteiger partial charge in [-0.15, -0.1) is 0 Å². The second-order valence-corrected chi connectivity index (χ2v) is 6.66. The van der Waals surface area contributed by atoms with E-state index < -0.39 is 0 Å². The molecule has 0 fully saturated rings. The SMILES string of the molecule is CC(C)c1nc(NC(C)c2ccc(-n3cncn3)cc2)nc(N(C)C)n1. The molecule has 2 aromatic heterocycles. The lowest BCUT2D eigenvalue weighted by Crippen LogP contribution is -2.18. The molecule has 0 aliphatic rings. The summed E-state index contributed by atoms with van der Waals surface area (Å²) >= 11 is 0. The van der Waals surface area contributed by atoms with Gasteiger partial charge in [0.15, 0.2) is 0 Å². The van der Waals surface area contributed by atoms with Crippen LogP contribution in [0.15, 0.2) is 36.9 Å². The van der Waals surface area contributed by atoms with Crippen molar-refractivity contribution >= 4 is 11.9 Å². The Morgan fingerprint density at radius 2 is 1.73 bits per heavy atom. The van der Waals surface area contributed by atoms with Gasteiger partial charge in [0.25, 0.3) is 0 Å². The number of aromatic nitrogens is 6. The molecule has 136 valence electrons. The fourth-order valence-electron chi connectivity index (χ4n) is 2.44. The highest BCUT2D eigenvalue weighted by Crippen LogP contribution is 2.21. The number of rotatable bonds is 6. The molecule has 2 heterocycles. The Balaban J connectivity index is 1.80. The number of anilines is 2. The zero-order valence-corrected chi connectivity index (χ0v) is 15.7. The molecule has 0 saturated heterocycles. The Labute approximate surface area is 153 Å². The van der Waals surface area contributed by atoms with Crippen molar-refractivity contribution in [2.24, 2.45) is 0 Å². The van der Waals surface area contributed by atoms with Gasteiger partial charge < -0.3 is 10.2 Å². The first-order valence-electron chi connectivity index (χ1n) is 8.59. The maximum Gasteiger partial charge on any atom is 0.229 e. The summed E-state index contributed by atoms with van der Waals surface area (Å²) in [5.74, 6) is 2.25. The average molecular weight is 352 g/mol. The first-order chi connectivity index (χ1) is 12.4. The molecule has 1 unspecified atom stereocenters. The van der Waals surface area contributed by atoms with Crippen LogP contribution < -0.4 is 10.2 Å². The Bertz CT molecular complexity index is 814. The van der Waals surface area contributed by atoms with E-state index in [1.165, 1.54) is 6.33 Å². The van der Waals surface area contributed by atoms with E-state index in [0.717, 1.165) is 17.1 Å². The summed E-state index contributed by atoms with van der Waals surface area (Å²) in [7, 11) is 3.85. The summed E-state index contributed by atoms with van der Waals surface area (Å²) in [5.41, 5.74) is 2.10. The van der Waals surface area contributed by atoms with Gasteiger partial charge in [-0.1, -0.05) is 26.0 Å². The normalized spacial score (nSPS) is 12.2. The summed E-state index contributed by atoms with van der Waals surface area (Å²) < 4.78 is 1.73. The molecule has 0 radical (unpaired) electrons. The second-order valence-electron chi connectivity index (χ2n) is 6.66. The first kappa shape index (κ1) is 17.8. The predicted molar refractivity (Wildman–Crippen MR) is 102 cm³/mol. The molecular formula is C18H24N8. The summed E-state index contributed by atoms with van der Waals surface area (Å²) in [6.07, 6.45) is 3.20. The van der Waals surface area contributed by atoms with Gasteiger partial charge in [-0.25, -0.2) is 9.67 Å². The molecule has 1 atom stereocenters. The molecule has 8 nitrogen and oxygen atoms in total. The summed E-state index contributed by atoms with van der Waals surface area (Å²) in [6, 6.07) is 8.20. The molecule has 3 aromatic rings. The maximum atomic E-state index is 4.56. The third-order valence-corrected chi connectivity index (χ3v) is 3.98. The van der Waals surface area contributed by atoms with Gasteiger partial charge in [-0.05, 0) is 24.6 Å². The number of benzene rings is 1. The number of hydrogen-bond donors (Lipinski definition) is 1. The lowest BCUT2D eigenvalue weighted by molar-refractivity contribution is 0.746. The van der Waals surface area contributed by atoms with Crippen LogP contribution in [0, 0.1) is 0 Å². The van der Waals surface area contributed by atoms with E-state index in [2.05, 4.69) is 63.3 Å². The maximum absolute atomic E-state index is 4.56. The molecule has 26 heavy (non-hydrogen) atoms. The minimum atomic E-state index is 0.0530. The quantitative estimate of drug-likeness (QED) is 0.730. The first-order valence-corrected chi connectivity index (χ1v) is 8.59. The molecule has 0 aliphatic carbocycles. The smallest absolute Gasteiger partial charge is 0.229 e. The Hall–Kier alpha value is -3.03. The summed E-state index contributed by atoms with van der Waals surface area (Å²) in [4.78, 5) is 19.4. The van der Waals surface area contributed by atoms with E-state index in [0.29, 0.717) is 11.9 Å². The topological polar surface area (TPSA) is 84.7 Å². The molecule has 1 N–H and O–H groups in total. The zero-order valence-electron chi connectivity index (χ0n) is 15.7. The van der Waals surface area contributed by atoms with Crippen LogP contribution in [0.1, 0.15) is 44.1 Å². The molecule has 3 rings (SSSR count). The van der Waals surface area contributed by atoms with Gasteiger partial charge in [0.1, 0.15) is 18.5 Å². The van der Waals surface area contributed by atoms with Crippen LogP contribution in [-0.2, 0) is 0 Å². The van der Waals surface area contributed by atoms with Gasteiger partial charge in [0.2, 0.25) is 11.9 Å². The highest BCUT2D eigenvalue weighted by Gasteiger charge is 2.13. The van der Waals surface area contributed by atoms with Crippen molar-refractivity contribution in [2.45, 2.75) is 32.7 Å². The molecule has 0 saturated carbocycles. The van der Waals surface area contributed by atoms with Crippen LogP contribution >= 0.6 is 0 Å². The van der Waals surface area contributed by atoms with Crippen LogP contribution in [0.25, 0.3) is 5.69 Å². The molecule has 0 spiro atoms. The standard InChI is InChI=1S/C18H24N8/c1-12(2)16-22-17(24-18(23-16)25(4)5)21-13(3)14-6-8-15(9-7-14)26-11-19-10-20-26/h6-13H,1-5H3,(H,21,22,23,24). The molecule has 0 aliphatic heterocycles. The highest BCUT2D eigenvalue weighted by molar-refractivity contribution is 5.40. The Morgan fingerprint density at radius 1 is 1.00 bits per heavy atom. The van der Waals surface area contributed by atoms with Gasteiger partial charge >= 0.3 is 0 Å². The monoisotopic (exact) mass is 352 g/mol. The van der Waals surface area contributed by atoms with Crippen molar-refractivity contribution in [2.75, 3.05) is 24.3 Å². The van der Waals surface area contributed by atoms with E-state index in [9.17, 15) is 0 Å². The van der Waals surface area contributed by atoms with Gasteiger partial charge in [-0.2, -0.15) is 20.1 Å². The van der Waals surface area contributed by atoms with E-state index >= 15 is 0 Å². The molecule has 0 amide bonds. The van der Waals surface area contributed by atoms with Crippen molar-refractivity contribution in [3.63, 3.8) is 0 Å². The number of nitrogens with one attached hydrogen (secondary N) is 1. The van der Waals surface area contributed by atoms with Crippen molar-refractivity contribution in [1.29, 1.82) is 0 Å². The van der Waals surface area contributed by atoms with Gasteiger partial charge in [-0.3, -0.25) is 0 Å². The minimum absolute atomic E-state index is 0.0530. The molecular weight excluding hydrogens is 328 g/mol. The largest absolute Gasteiger partial charge is 0.348 e. The van der Waals surface area contributed by atoms with E-state index in [1.54, 1.807) is 11.0 Å². The molecule has 8 heteroatoms. The van der Waals surface area contributed by atoms with Crippen molar-refractivity contribution in [3.8, 4) is 5.69 Å². The molecule has 0 bridgehead atoms. The lowest BCUT2D eigenvalue weighted by Gasteiger charge is -2.18. The van der Waals surface area contributed by atoms with Crippen LogP contribution in [0.3, 0.4) is 0 Å².